The fourth-order valence-corrected chi connectivity index (χ4v) is 7.57. The molecule has 1 N–H and O–H groups in total. The van der Waals surface area contributed by atoms with Gasteiger partial charge in [0.15, 0.2) is 0 Å². The Balaban J connectivity index is 1.45. The number of fused-ring (bicyclic) bond motifs is 2. The monoisotopic (exact) mass is 491 g/mol. The molecule has 178 valence electrons. The maximum Gasteiger partial charge on any atom is 0.326 e. The van der Waals surface area contributed by atoms with E-state index in [-0.39, 0.29) is 0 Å². The largest absolute Gasteiger partial charge is 0.740 e. The van der Waals surface area contributed by atoms with Crippen LogP contribution in [0.3, 0.4) is 0 Å². The zero-order valence-corrected chi connectivity index (χ0v) is 20.1. The van der Waals surface area contributed by atoms with E-state index < -0.39 is 26.8 Å². The first kappa shape index (κ1) is 22.6. The molecule has 2 aliphatic carbocycles. The van der Waals surface area contributed by atoms with Crippen LogP contribution >= 0.6 is 11.5 Å². The molecule has 0 radical (unpaired) electrons. The summed E-state index contributed by atoms with van der Waals surface area (Å²) in [5, 5.41) is 16.1. The number of anilines is 2. The van der Waals surface area contributed by atoms with Gasteiger partial charge in [-0.3, -0.25) is 4.47 Å². The van der Waals surface area contributed by atoms with Crippen LogP contribution in [0.25, 0.3) is 0 Å². The van der Waals surface area contributed by atoms with Gasteiger partial charge in [-0.05, 0) is 98.1 Å². The molecule has 1 aliphatic heterocycles. The smallest absolute Gasteiger partial charge is 0.326 e. The summed E-state index contributed by atoms with van der Waals surface area (Å²) >= 11 is 1.00. The molecule has 2 amide bonds. The number of hydrogen-bond donors (Lipinski definition) is 1. The summed E-state index contributed by atoms with van der Waals surface area (Å²) in [4.78, 5) is 13.0. The average Bonchev–Trinajstić information content (AvgIpc) is 3.55. The fraction of sp³-hybridized carbons (Fsp3) is 0.545. The molecule has 0 atom stereocenters. The van der Waals surface area contributed by atoms with E-state index in [2.05, 4.69) is 15.8 Å². The van der Waals surface area contributed by atoms with E-state index in [1.54, 1.807) is 13.0 Å². The molecule has 0 bridgehead atoms. The fourth-order valence-electron chi connectivity index (χ4n) is 5.16. The van der Waals surface area contributed by atoms with Crippen molar-refractivity contribution in [3.8, 4) is 0 Å². The Morgan fingerprint density at radius 2 is 1.76 bits per heavy atom. The van der Waals surface area contributed by atoms with Crippen molar-refractivity contribution in [3.63, 3.8) is 0 Å². The Kier molecular flexibility index (Phi) is 6.06. The van der Waals surface area contributed by atoms with E-state index in [0.717, 1.165) is 65.5 Å². The summed E-state index contributed by atoms with van der Waals surface area (Å²) in [5.41, 5.74) is 5.75. The van der Waals surface area contributed by atoms with Crippen LogP contribution in [-0.4, -0.2) is 42.5 Å². The lowest BCUT2D eigenvalue weighted by molar-refractivity contribution is 0.0875. The number of nitrogens with zero attached hydrogens (tertiary/aromatic N) is 3. The van der Waals surface area contributed by atoms with Gasteiger partial charge in [-0.15, -0.1) is 0 Å². The first-order valence-corrected chi connectivity index (χ1v) is 13.5. The Hall–Kier alpha value is -2.21. The van der Waals surface area contributed by atoms with Gasteiger partial charge in [0, 0.05) is 18.9 Å². The average molecular weight is 492 g/mol. The van der Waals surface area contributed by atoms with E-state index >= 15 is 0 Å². The highest BCUT2D eigenvalue weighted by atomic mass is 32.2. The number of carbonyl (C=O) groups excluding carboxylic acids is 1. The van der Waals surface area contributed by atoms with Gasteiger partial charge >= 0.3 is 16.2 Å². The van der Waals surface area contributed by atoms with Crippen LogP contribution < -0.4 is 9.62 Å². The Labute approximate surface area is 197 Å². The predicted octanol–water partition coefficient (Wildman–Crippen LogP) is 3.69. The second-order valence-electron chi connectivity index (χ2n) is 8.84. The lowest BCUT2D eigenvalue weighted by atomic mass is 9.99. The third kappa shape index (κ3) is 4.11. The normalized spacial score (nSPS) is 18.1. The predicted molar refractivity (Wildman–Crippen MR) is 127 cm³/mol. The summed E-state index contributed by atoms with van der Waals surface area (Å²) in [7, 11) is -4.67. The van der Waals surface area contributed by atoms with Crippen LogP contribution in [0.5, 0.6) is 0 Å². The van der Waals surface area contributed by atoms with E-state index in [0.29, 0.717) is 42.4 Å². The van der Waals surface area contributed by atoms with Crippen molar-refractivity contribution in [1.29, 1.82) is 0 Å². The maximum absolute atomic E-state index is 13.5. The summed E-state index contributed by atoms with van der Waals surface area (Å²) in [6.07, 6.45) is 6.36. The number of hydroxylamine groups is 1. The van der Waals surface area contributed by atoms with Crippen LogP contribution in [0.1, 0.15) is 53.6 Å². The molecule has 0 saturated carbocycles. The minimum atomic E-state index is -4.67. The van der Waals surface area contributed by atoms with Crippen LogP contribution in [0.15, 0.2) is 12.1 Å². The van der Waals surface area contributed by atoms with Crippen molar-refractivity contribution in [3.05, 3.63) is 45.3 Å². The quantitative estimate of drug-likeness (QED) is 0.638. The zero-order chi connectivity index (χ0) is 23.2. The third-order valence-corrected chi connectivity index (χ3v) is 9.26. The van der Waals surface area contributed by atoms with E-state index in [1.165, 1.54) is 11.1 Å². The number of benzene rings is 1. The highest BCUT2D eigenvalue weighted by Gasteiger charge is 2.36. The van der Waals surface area contributed by atoms with Gasteiger partial charge in [-0.2, -0.15) is 12.8 Å². The lowest BCUT2D eigenvalue weighted by Crippen LogP contribution is -2.51. The van der Waals surface area contributed by atoms with Gasteiger partial charge in [0.1, 0.15) is 5.00 Å². The summed E-state index contributed by atoms with van der Waals surface area (Å²) in [6.45, 7) is 2.54. The first-order chi connectivity index (χ1) is 15.9. The second kappa shape index (κ2) is 8.86. The molecule has 1 saturated heterocycles. The molecule has 2 aromatic rings. The number of nitrogens with one attached hydrogen (secondary N) is 1. The van der Waals surface area contributed by atoms with Crippen LogP contribution in [0, 0.1) is 12.1 Å². The second-order valence-corrected chi connectivity index (χ2v) is 11.2. The highest BCUT2D eigenvalue weighted by molar-refractivity contribution is 7.91. The molecule has 0 spiro atoms. The molecule has 1 aromatic heterocycles. The number of ether oxygens (including phenoxy) is 1. The molecule has 0 unspecified atom stereocenters. The number of rotatable bonds is 5. The molecular weight excluding hydrogens is 464 g/mol. The lowest BCUT2D eigenvalue weighted by Gasteiger charge is -2.39. The summed E-state index contributed by atoms with van der Waals surface area (Å²) < 4.78 is 37.1. The van der Waals surface area contributed by atoms with Gasteiger partial charge in [-0.1, -0.05) is 6.07 Å². The van der Waals surface area contributed by atoms with E-state index in [1.807, 2.05) is 0 Å². The van der Waals surface area contributed by atoms with Gasteiger partial charge in [0.25, 0.3) is 0 Å². The van der Waals surface area contributed by atoms with Crippen molar-refractivity contribution in [2.24, 2.45) is 0 Å². The molecule has 5 rings (SSSR count). The number of amides is 2. The molecule has 2 heterocycles. The summed E-state index contributed by atoms with van der Waals surface area (Å²) in [5.74, 6) is 0. The standard InChI is InChI=1S/C22H27N4O5S2/c1-14-12-20(32-24-14)25(17-8-10-31-11-9-17)33(29,30)26(28)22(27)23-21-18-6-2-4-15(18)13-16-5-3-7-19(16)21/h12-13,17H,2-11H2,1H3,(H,23,27)/q-1. The minimum absolute atomic E-state index is 0.328. The van der Waals surface area contributed by atoms with Gasteiger partial charge < -0.3 is 15.3 Å². The van der Waals surface area contributed by atoms with Crippen LogP contribution in [-0.2, 0) is 40.6 Å². The number of aromatic nitrogens is 1. The van der Waals surface area contributed by atoms with Crippen molar-refractivity contribution >= 4 is 38.5 Å². The first-order valence-electron chi connectivity index (χ1n) is 11.4. The Morgan fingerprint density at radius 1 is 1.12 bits per heavy atom. The SMILES string of the molecule is Cc1cc(N(C2CCOCC2)S(=O)(=O)N([O-])C(=O)Nc2c3c(cc4c2CCC4)CCC3)sn1. The van der Waals surface area contributed by atoms with Gasteiger partial charge in [0.2, 0.25) is 0 Å². The van der Waals surface area contributed by atoms with Crippen molar-refractivity contribution in [2.45, 2.75) is 64.3 Å². The Morgan fingerprint density at radius 3 is 2.33 bits per heavy atom. The summed E-state index contributed by atoms with van der Waals surface area (Å²) in [6, 6.07) is 2.19. The van der Waals surface area contributed by atoms with E-state index in [9.17, 15) is 18.4 Å². The minimum Gasteiger partial charge on any atom is -0.740 e. The topological polar surface area (TPSA) is 115 Å². The van der Waals surface area contributed by atoms with Crippen molar-refractivity contribution in [1.82, 2.24) is 8.84 Å². The molecule has 33 heavy (non-hydrogen) atoms. The molecule has 3 aliphatic rings. The number of hydrogen-bond acceptors (Lipinski definition) is 7. The van der Waals surface area contributed by atoms with Gasteiger partial charge in [0.05, 0.1) is 11.7 Å². The number of carbonyl (C=O) groups is 1. The van der Waals surface area contributed by atoms with Crippen LogP contribution in [0.4, 0.5) is 15.5 Å². The molecule has 11 heteroatoms. The van der Waals surface area contributed by atoms with Crippen molar-refractivity contribution < 1.29 is 17.9 Å². The van der Waals surface area contributed by atoms with E-state index in [4.69, 9.17) is 4.74 Å². The Bertz CT molecular complexity index is 1140. The highest BCUT2D eigenvalue weighted by Crippen LogP contribution is 2.39. The van der Waals surface area contributed by atoms with Crippen LogP contribution in [0.2, 0.25) is 0 Å². The maximum atomic E-state index is 13.5. The molecule has 1 aromatic carbocycles. The van der Waals surface area contributed by atoms with Gasteiger partial charge in [-0.25, -0.2) is 9.10 Å². The zero-order valence-electron chi connectivity index (χ0n) is 18.5. The van der Waals surface area contributed by atoms with Crippen molar-refractivity contribution in [2.75, 3.05) is 22.8 Å². The molecule has 9 nitrogen and oxygen atoms in total. The molecule has 1 fully saturated rings. The third-order valence-electron chi connectivity index (χ3n) is 6.68. The molecular formula is C22H27N4O5S2-. The number of urea groups is 1. The number of aryl methyl sites for hydroxylation is 3.